The van der Waals surface area contributed by atoms with E-state index in [4.69, 9.17) is 10.2 Å². The van der Waals surface area contributed by atoms with Crippen LogP contribution >= 0.6 is 15.9 Å². The van der Waals surface area contributed by atoms with Crippen LogP contribution in [0.15, 0.2) is 57.6 Å². The average Bonchev–Trinajstić information content (AvgIpc) is 2.86. The number of furan rings is 1. The molecule has 19 heavy (non-hydrogen) atoms. The van der Waals surface area contributed by atoms with Crippen molar-refractivity contribution < 1.29 is 9.21 Å². The molecule has 0 radical (unpaired) electrons. The first-order chi connectivity index (χ1) is 9.16. The number of halogens is 1. The van der Waals surface area contributed by atoms with E-state index in [-0.39, 0.29) is 0 Å². The molecule has 0 aliphatic rings. The Morgan fingerprint density at radius 1 is 1.11 bits per heavy atom. The number of benzene rings is 2. The number of hydrogen-bond acceptors (Lipinski definition) is 2. The molecule has 1 aromatic heterocycles. The molecule has 0 bridgehead atoms. The van der Waals surface area contributed by atoms with Crippen LogP contribution in [-0.4, -0.2) is 5.91 Å². The molecule has 1 heterocycles. The molecule has 2 N–H and O–H groups in total. The first-order valence-electron chi connectivity index (χ1n) is 5.73. The van der Waals surface area contributed by atoms with Crippen molar-refractivity contribution in [1.82, 2.24) is 0 Å². The predicted octanol–water partition coefficient (Wildman–Crippen LogP) is 3.96. The SMILES string of the molecule is NC(=O)c1ccc(-c2cccc3occc23)c(Br)c1. The molecule has 0 spiro atoms. The van der Waals surface area contributed by atoms with Crippen molar-refractivity contribution in [2.45, 2.75) is 0 Å². The van der Waals surface area contributed by atoms with Gasteiger partial charge in [0.1, 0.15) is 5.58 Å². The lowest BCUT2D eigenvalue weighted by molar-refractivity contribution is 0.100. The molecule has 0 unspecified atom stereocenters. The Hall–Kier alpha value is -2.07. The van der Waals surface area contributed by atoms with Crippen LogP contribution in [0.2, 0.25) is 0 Å². The maximum Gasteiger partial charge on any atom is 0.248 e. The van der Waals surface area contributed by atoms with Crippen LogP contribution in [-0.2, 0) is 0 Å². The summed E-state index contributed by atoms with van der Waals surface area (Å²) in [5, 5.41) is 1.04. The lowest BCUT2D eigenvalue weighted by atomic mass is 10.0. The van der Waals surface area contributed by atoms with Gasteiger partial charge >= 0.3 is 0 Å². The van der Waals surface area contributed by atoms with Gasteiger partial charge in [-0.2, -0.15) is 0 Å². The molecule has 0 saturated heterocycles. The van der Waals surface area contributed by atoms with E-state index in [0.717, 1.165) is 26.6 Å². The highest BCUT2D eigenvalue weighted by molar-refractivity contribution is 9.10. The van der Waals surface area contributed by atoms with E-state index in [1.807, 2.05) is 30.3 Å². The maximum absolute atomic E-state index is 11.2. The molecule has 0 atom stereocenters. The monoisotopic (exact) mass is 315 g/mol. The summed E-state index contributed by atoms with van der Waals surface area (Å²) in [6.45, 7) is 0. The van der Waals surface area contributed by atoms with Crippen LogP contribution in [0, 0.1) is 0 Å². The molecule has 3 aromatic rings. The largest absolute Gasteiger partial charge is 0.464 e. The second-order valence-corrected chi connectivity index (χ2v) is 5.05. The van der Waals surface area contributed by atoms with E-state index in [9.17, 15) is 4.79 Å². The van der Waals surface area contributed by atoms with Gasteiger partial charge in [-0.05, 0) is 35.4 Å². The molecule has 3 nitrogen and oxygen atoms in total. The minimum atomic E-state index is -0.436. The molecule has 94 valence electrons. The van der Waals surface area contributed by atoms with E-state index in [2.05, 4.69) is 15.9 Å². The molecule has 0 aliphatic carbocycles. The fourth-order valence-corrected chi connectivity index (χ4v) is 2.71. The lowest BCUT2D eigenvalue weighted by Crippen LogP contribution is -2.10. The van der Waals surface area contributed by atoms with Gasteiger partial charge in [0, 0.05) is 15.4 Å². The standard InChI is InChI=1S/C15H10BrNO2/c16-13-8-9(15(17)18)4-5-11(13)10-2-1-3-14-12(10)6-7-19-14/h1-8H,(H2,17,18). The van der Waals surface area contributed by atoms with E-state index in [1.54, 1.807) is 18.4 Å². The quantitative estimate of drug-likeness (QED) is 0.778. The molecule has 0 aliphatic heterocycles. The summed E-state index contributed by atoms with van der Waals surface area (Å²) in [5.41, 5.74) is 8.64. The fourth-order valence-electron chi connectivity index (χ4n) is 2.12. The van der Waals surface area contributed by atoms with Crippen molar-refractivity contribution in [3.8, 4) is 11.1 Å². The molecule has 0 saturated carbocycles. The molecule has 2 aromatic carbocycles. The van der Waals surface area contributed by atoms with Crippen molar-refractivity contribution in [1.29, 1.82) is 0 Å². The highest BCUT2D eigenvalue weighted by Gasteiger charge is 2.10. The van der Waals surface area contributed by atoms with Gasteiger partial charge < -0.3 is 10.2 Å². The topological polar surface area (TPSA) is 56.2 Å². The van der Waals surface area contributed by atoms with Crippen LogP contribution in [0.4, 0.5) is 0 Å². The van der Waals surface area contributed by atoms with E-state index in [1.165, 1.54) is 0 Å². The summed E-state index contributed by atoms with van der Waals surface area (Å²) in [7, 11) is 0. The van der Waals surface area contributed by atoms with E-state index >= 15 is 0 Å². The van der Waals surface area contributed by atoms with Crippen molar-refractivity contribution >= 4 is 32.8 Å². The summed E-state index contributed by atoms with van der Waals surface area (Å²) in [6, 6.07) is 13.1. The highest BCUT2D eigenvalue weighted by atomic mass is 79.9. The molecular formula is C15H10BrNO2. The van der Waals surface area contributed by atoms with Crippen LogP contribution in [0.1, 0.15) is 10.4 Å². The van der Waals surface area contributed by atoms with Gasteiger partial charge in [-0.1, -0.05) is 34.1 Å². The summed E-state index contributed by atoms with van der Waals surface area (Å²) >= 11 is 3.49. The maximum atomic E-state index is 11.2. The summed E-state index contributed by atoms with van der Waals surface area (Å²) in [5.74, 6) is -0.436. The first-order valence-corrected chi connectivity index (χ1v) is 6.52. The number of carbonyl (C=O) groups excluding carboxylic acids is 1. The van der Waals surface area contributed by atoms with Crippen molar-refractivity contribution in [3.05, 3.63) is 58.8 Å². The second kappa shape index (κ2) is 4.55. The zero-order valence-electron chi connectivity index (χ0n) is 9.89. The first kappa shape index (κ1) is 12.0. The fraction of sp³-hybridized carbons (Fsp3) is 0. The summed E-state index contributed by atoms with van der Waals surface area (Å²) in [6.07, 6.45) is 1.67. The zero-order valence-corrected chi connectivity index (χ0v) is 11.5. The van der Waals surface area contributed by atoms with Crippen molar-refractivity contribution in [2.24, 2.45) is 5.73 Å². The minimum Gasteiger partial charge on any atom is -0.464 e. The van der Waals surface area contributed by atoms with Gasteiger partial charge in [-0.25, -0.2) is 0 Å². The van der Waals surface area contributed by atoms with E-state index < -0.39 is 5.91 Å². The predicted molar refractivity (Wildman–Crippen MR) is 77.9 cm³/mol. The smallest absolute Gasteiger partial charge is 0.248 e. The third-order valence-corrected chi connectivity index (χ3v) is 3.70. The molecule has 4 heteroatoms. The summed E-state index contributed by atoms with van der Waals surface area (Å²) in [4.78, 5) is 11.2. The Bertz CT molecular complexity index is 777. The third kappa shape index (κ3) is 2.04. The Kier molecular flexibility index (Phi) is 2.87. The van der Waals surface area contributed by atoms with Crippen LogP contribution in [0.3, 0.4) is 0 Å². The minimum absolute atomic E-state index is 0.436. The number of carbonyl (C=O) groups is 1. The number of nitrogens with two attached hydrogens (primary N) is 1. The van der Waals surface area contributed by atoms with Gasteiger partial charge in [-0.15, -0.1) is 0 Å². The number of amides is 1. The zero-order chi connectivity index (χ0) is 13.4. The number of fused-ring (bicyclic) bond motifs is 1. The number of rotatable bonds is 2. The van der Waals surface area contributed by atoms with Crippen molar-refractivity contribution in [2.75, 3.05) is 0 Å². The van der Waals surface area contributed by atoms with Gasteiger partial charge in [-0.3, -0.25) is 4.79 Å². The second-order valence-electron chi connectivity index (χ2n) is 4.20. The normalized spacial score (nSPS) is 10.8. The molecular weight excluding hydrogens is 306 g/mol. The average molecular weight is 316 g/mol. The summed E-state index contributed by atoms with van der Waals surface area (Å²) < 4.78 is 6.22. The third-order valence-electron chi connectivity index (χ3n) is 3.04. The Balaban J connectivity index is 2.22. The van der Waals surface area contributed by atoms with Gasteiger partial charge in [0.2, 0.25) is 5.91 Å². The van der Waals surface area contributed by atoms with Crippen LogP contribution in [0.5, 0.6) is 0 Å². The molecule has 3 rings (SSSR count). The van der Waals surface area contributed by atoms with Crippen molar-refractivity contribution in [3.63, 3.8) is 0 Å². The molecule has 1 amide bonds. The highest BCUT2D eigenvalue weighted by Crippen LogP contribution is 2.34. The van der Waals surface area contributed by atoms with Gasteiger partial charge in [0.25, 0.3) is 0 Å². The lowest BCUT2D eigenvalue weighted by Gasteiger charge is -2.07. The molecule has 0 fully saturated rings. The Morgan fingerprint density at radius 2 is 1.95 bits per heavy atom. The van der Waals surface area contributed by atoms with Gasteiger partial charge in [0.05, 0.1) is 6.26 Å². The number of primary amides is 1. The van der Waals surface area contributed by atoms with E-state index in [0.29, 0.717) is 5.56 Å². The van der Waals surface area contributed by atoms with Gasteiger partial charge in [0.15, 0.2) is 0 Å². The Labute approximate surface area is 118 Å². The van der Waals surface area contributed by atoms with Crippen LogP contribution < -0.4 is 5.73 Å². The Morgan fingerprint density at radius 3 is 2.68 bits per heavy atom. The van der Waals surface area contributed by atoms with Crippen LogP contribution in [0.25, 0.3) is 22.1 Å². The number of hydrogen-bond donors (Lipinski definition) is 1.